The lowest BCUT2D eigenvalue weighted by Gasteiger charge is -1.94. The number of thiophene rings is 1. The van der Waals surface area contributed by atoms with E-state index in [2.05, 4.69) is 31.9 Å². The van der Waals surface area contributed by atoms with Gasteiger partial charge < -0.3 is 0 Å². The van der Waals surface area contributed by atoms with E-state index >= 15 is 0 Å². The third kappa shape index (κ3) is 1.32. The Balaban J connectivity index is 2.92. The van der Waals surface area contributed by atoms with Crippen LogP contribution in [0.25, 0.3) is 10.1 Å². The molecular weight excluding hydrogens is 307 g/mol. The predicted octanol–water partition coefficient (Wildman–Crippen LogP) is 4.57. The van der Waals surface area contributed by atoms with E-state index in [9.17, 15) is 4.39 Å². The summed E-state index contributed by atoms with van der Waals surface area (Å²) < 4.78 is 15.6. The number of hydrogen-bond acceptors (Lipinski definition) is 1. The van der Waals surface area contributed by atoms with Crippen molar-refractivity contribution in [2.24, 2.45) is 0 Å². The molecule has 0 saturated heterocycles. The Morgan fingerprint density at radius 3 is 2.75 bits per heavy atom. The molecule has 1 aromatic heterocycles. The van der Waals surface area contributed by atoms with Crippen LogP contribution in [-0.2, 0) is 0 Å². The first-order valence-electron chi connectivity index (χ1n) is 3.20. The molecule has 0 N–H and O–H groups in total. The molecule has 1 aromatic carbocycles. The first-order valence-corrected chi connectivity index (χ1v) is 5.67. The van der Waals surface area contributed by atoms with E-state index in [4.69, 9.17) is 0 Å². The maximum Gasteiger partial charge on any atom is 0.142 e. The van der Waals surface area contributed by atoms with Crippen LogP contribution in [0, 0.1) is 5.82 Å². The summed E-state index contributed by atoms with van der Waals surface area (Å²) in [4.78, 5) is 0. The van der Waals surface area contributed by atoms with Gasteiger partial charge in [-0.1, -0.05) is 15.9 Å². The Hall–Kier alpha value is 0.0700. The Labute approximate surface area is 89.7 Å². The van der Waals surface area contributed by atoms with Crippen molar-refractivity contribution in [2.45, 2.75) is 0 Å². The van der Waals surface area contributed by atoms with Crippen LogP contribution in [0.3, 0.4) is 0 Å². The minimum atomic E-state index is -0.171. The zero-order chi connectivity index (χ0) is 8.72. The van der Waals surface area contributed by atoms with E-state index in [1.54, 1.807) is 0 Å². The molecule has 2 aromatic rings. The smallest absolute Gasteiger partial charge is 0.142 e. The van der Waals surface area contributed by atoms with Crippen molar-refractivity contribution in [3.8, 4) is 0 Å². The average molecular weight is 310 g/mol. The van der Waals surface area contributed by atoms with Crippen LogP contribution < -0.4 is 0 Å². The molecule has 0 unspecified atom stereocenters. The second kappa shape index (κ2) is 3.09. The van der Waals surface area contributed by atoms with Gasteiger partial charge in [-0.25, -0.2) is 4.39 Å². The molecule has 0 aliphatic rings. The monoisotopic (exact) mass is 308 g/mol. The standard InChI is InChI=1S/C8H3Br2FS/c9-4-1-5-6(10)3-12-8(5)7(11)2-4/h1-3H. The van der Waals surface area contributed by atoms with E-state index in [0.29, 0.717) is 4.70 Å². The highest BCUT2D eigenvalue weighted by Crippen LogP contribution is 2.34. The van der Waals surface area contributed by atoms with Crippen LogP contribution in [0.15, 0.2) is 26.5 Å². The van der Waals surface area contributed by atoms with E-state index in [0.717, 1.165) is 14.3 Å². The van der Waals surface area contributed by atoms with Gasteiger partial charge in [0.1, 0.15) is 5.82 Å². The molecule has 0 spiro atoms. The van der Waals surface area contributed by atoms with Gasteiger partial charge in [0, 0.05) is 19.7 Å². The maximum absolute atomic E-state index is 13.2. The summed E-state index contributed by atoms with van der Waals surface area (Å²) in [5.41, 5.74) is 0. The van der Waals surface area contributed by atoms with Gasteiger partial charge in [0.2, 0.25) is 0 Å². The normalized spacial score (nSPS) is 10.9. The average Bonchev–Trinajstić information content (AvgIpc) is 2.33. The molecule has 0 nitrogen and oxygen atoms in total. The Kier molecular flexibility index (Phi) is 2.23. The Morgan fingerprint density at radius 2 is 2.00 bits per heavy atom. The zero-order valence-corrected chi connectivity index (χ0v) is 9.76. The van der Waals surface area contributed by atoms with Crippen molar-refractivity contribution in [3.05, 3.63) is 32.3 Å². The van der Waals surface area contributed by atoms with Crippen molar-refractivity contribution < 1.29 is 4.39 Å². The summed E-state index contributed by atoms with van der Waals surface area (Å²) in [7, 11) is 0. The molecular formula is C8H3Br2FS. The second-order valence-corrected chi connectivity index (χ2v) is 5.00. The molecule has 0 aliphatic carbocycles. The molecule has 0 aliphatic heterocycles. The first kappa shape index (κ1) is 8.66. The van der Waals surface area contributed by atoms with Crippen LogP contribution in [0.2, 0.25) is 0 Å². The minimum absolute atomic E-state index is 0.171. The summed E-state index contributed by atoms with van der Waals surface area (Å²) in [5, 5.41) is 2.81. The molecule has 0 fully saturated rings. The van der Waals surface area contributed by atoms with Gasteiger partial charge in [0.05, 0.1) is 4.70 Å². The Bertz CT molecular complexity index is 436. The quantitative estimate of drug-likeness (QED) is 0.669. The zero-order valence-electron chi connectivity index (χ0n) is 5.77. The highest BCUT2D eigenvalue weighted by molar-refractivity contribution is 9.11. The summed E-state index contributed by atoms with van der Waals surface area (Å²) >= 11 is 8.01. The first-order chi connectivity index (χ1) is 5.68. The van der Waals surface area contributed by atoms with Crippen molar-refractivity contribution in [3.63, 3.8) is 0 Å². The van der Waals surface area contributed by atoms with Crippen LogP contribution in [-0.4, -0.2) is 0 Å². The van der Waals surface area contributed by atoms with Gasteiger partial charge in [0.25, 0.3) is 0 Å². The lowest BCUT2D eigenvalue weighted by molar-refractivity contribution is 0.641. The molecule has 0 radical (unpaired) electrons. The molecule has 1 heterocycles. The van der Waals surface area contributed by atoms with Gasteiger partial charge in [-0.3, -0.25) is 0 Å². The Morgan fingerprint density at radius 1 is 1.25 bits per heavy atom. The predicted molar refractivity (Wildman–Crippen MR) is 57.2 cm³/mol. The molecule has 0 amide bonds. The SMILES string of the molecule is Fc1cc(Br)cc2c(Br)csc12. The molecule has 2 rings (SSSR count). The fraction of sp³-hybridized carbons (Fsp3) is 0. The van der Waals surface area contributed by atoms with Gasteiger partial charge in [-0.15, -0.1) is 11.3 Å². The summed E-state index contributed by atoms with van der Waals surface area (Å²) in [5.74, 6) is -0.171. The van der Waals surface area contributed by atoms with Crippen molar-refractivity contribution >= 4 is 53.3 Å². The molecule has 12 heavy (non-hydrogen) atoms. The lowest BCUT2D eigenvalue weighted by atomic mass is 10.3. The van der Waals surface area contributed by atoms with Gasteiger partial charge in [0.15, 0.2) is 0 Å². The maximum atomic E-state index is 13.2. The second-order valence-electron chi connectivity index (χ2n) is 2.35. The van der Waals surface area contributed by atoms with Crippen LogP contribution in [0.4, 0.5) is 4.39 Å². The van der Waals surface area contributed by atoms with Crippen LogP contribution in [0.1, 0.15) is 0 Å². The number of rotatable bonds is 0. The van der Waals surface area contributed by atoms with E-state index in [1.165, 1.54) is 17.4 Å². The molecule has 62 valence electrons. The van der Waals surface area contributed by atoms with Crippen LogP contribution >= 0.6 is 43.2 Å². The van der Waals surface area contributed by atoms with Crippen molar-refractivity contribution in [1.29, 1.82) is 0 Å². The van der Waals surface area contributed by atoms with Gasteiger partial charge >= 0.3 is 0 Å². The van der Waals surface area contributed by atoms with E-state index < -0.39 is 0 Å². The minimum Gasteiger partial charge on any atom is -0.205 e. The number of hydrogen-bond donors (Lipinski definition) is 0. The highest BCUT2D eigenvalue weighted by Gasteiger charge is 2.07. The largest absolute Gasteiger partial charge is 0.205 e. The van der Waals surface area contributed by atoms with Crippen molar-refractivity contribution in [1.82, 2.24) is 0 Å². The fourth-order valence-corrected chi connectivity index (χ4v) is 3.00. The number of benzene rings is 1. The number of fused-ring (bicyclic) bond motifs is 1. The third-order valence-corrected chi connectivity index (χ3v) is 3.97. The molecule has 4 heteroatoms. The van der Waals surface area contributed by atoms with Crippen molar-refractivity contribution in [2.75, 3.05) is 0 Å². The van der Waals surface area contributed by atoms with Crippen LogP contribution in [0.5, 0.6) is 0 Å². The van der Waals surface area contributed by atoms with Gasteiger partial charge in [-0.2, -0.15) is 0 Å². The lowest BCUT2D eigenvalue weighted by Crippen LogP contribution is -1.74. The van der Waals surface area contributed by atoms with E-state index in [-0.39, 0.29) is 5.82 Å². The molecule has 0 saturated carbocycles. The van der Waals surface area contributed by atoms with E-state index in [1.807, 2.05) is 11.4 Å². The fourth-order valence-electron chi connectivity index (χ4n) is 1.03. The highest BCUT2D eigenvalue weighted by atomic mass is 79.9. The summed E-state index contributed by atoms with van der Waals surface area (Å²) in [6.07, 6.45) is 0. The molecule has 0 bridgehead atoms. The van der Waals surface area contributed by atoms with Gasteiger partial charge in [-0.05, 0) is 28.1 Å². The summed E-state index contributed by atoms with van der Waals surface area (Å²) in [6.45, 7) is 0. The third-order valence-electron chi connectivity index (χ3n) is 1.55. The summed E-state index contributed by atoms with van der Waals surface area (Å²) in [6, 6.07) is 3.38. The molecule has 0 atom stereocenters. The topological polar surface area (TPSA) is 0 Å². The number of halogens is 3.